The maximum Gasteiger partial charge on any atom is 0.0808 e. The molecule has 0 aromatic heterocycles. The lowest BCUT2D eigenvalue weighted by atomic mass is 9.68. The molecule has 0 aliphatic heterocycles. The molecule has 3 heteroatoms. The highest BCUT2D eigenvalue weighted by atomic mass is 35.5. The van der Waals surface area contributed by atoms with Gasteiger partial charge < -0.3 is 10.5 Å². The zero-order valence-electron chi connectivity index (χ0n) is 13.5. The SMILES string of the molecule is CC(C)(C)C1CCC(CN)(OCc2cccc(Cl)c2)CC1. The molecule has 0 bridgehead atoms. The van der Waals surface area contributed by atoms with E-state index in [2.05, 4.69) is 26.8 Å². The first kappa shape index (κ1) is 16.8. The molecule has 118 valence electrons. The predicted molar refractivity (Wildman–Crippen MR) is 89.4 cm³/mol. The Morgan fingerprint density at radius 2 is 1.95 bits per heavy atom. The zero-order valence-corrected chi connectivity index (χ0v) is 14.2. The Morgan fingerprint density at radius 3 is 2.48 bits per heavy atom. The lowest BCUT2D eigenvalue weighted by Crippen LogP contribution is -2.45. The van der Waals surface area contributed by atoms with E-state index in [-0.39, 0.29) is 5.60 Å². The van der Waals surface area contributed by atoms with Crippen LogP contribution in [0.4, 0.5) is 0 Å². The van der Waals surface area contributed by atoms with E-state index in [9.17, 15) is 0 Å². The third-order valence-electron chi connectivity index (χ3n) is 4.93. The monoisotopic (exact) mass is 309 g/mol. The molecule has 2 nitrogen and oxygen atoms in total. The van der Waals surface area contributed by atoms with Crippen molar-refractivity contribution in [2.24, 2.45) is 17.1 Å². The van der Waals surface area contributed by atoms with Crippen LogP contribution in [0.5, 0.6) is 0 Å². The molecule has 0 unspecified atom stereocenters. The quantitative estimate of drug-likeness (QED) is 0.868. The second kappa shape index (κ2) is 6.68. The van der Waals surface area contributed by atoms with Crippen LogP contribution in [-0.4, -0.2) is 12.1 Å². The normalized spacial score (nSPS) is 26.8. The number of halogens is 1. The molecule has 0 radical (unpaired) electrons. The number of hydrogen-bond donors (Lipinski definition) is 1. The van der Waals surface area contributed by atoms with E-state index < -0.39 is 0 Å². The fourth-order valence-corrected chi connectivity index (χ4v) is 3.49. The van der Waals surface area contributed by atoms with Crippen molar-refractivity contribution in [1.29, 1.82) is 0 Å². The van der Waals surface area contributed by atoms with Gasteiger partial charge in [0, 0.05) is 11.6 Å². The molecule has 1 fully saturated rings. The molecule has 0 atom stereocenters. The first-order valence-corrected chi connectivity index (χ1v) is 8.31. The summed E-state index contributed by atoms with van der Waals surface area (Å²) >= 11 is 6.02. The number of hydrogen-bond acceptors (Lipinski definition) is 2. The van der Waals surface area contributed by atoms with Crippen molar-refractivity contribution in [2.45, 2.75) is 58.7 Å². The van der Waals surface area contributed by atoms with Gasteiger partial charge in [-0.05, 0) is 54.7 Å². The zero-order chi connectivity index (χ0) is 15.5. The summed E-state index contributed by atoms with van der Waals surface area (Å²) in [4.78, 5) is 0. The van der Waals surface area contributed by atoms with Crippen molar-refractivity contribution in [1.82, 2.24) is 0 Å². The van der Waals surface area contributed by atoms with E-state index >= 15 is 0 Å². The van der Waals surface area contributed by atoms with Crippen molar-refractivity contribution in [3.8, 4) is 0 Å². The van der Waals surface area contributed by atoms with Crippen LogP contribution in [0.25, 0.3) is 0 Å². The average Bonchev–Trinajstić information content (AvgIpc) is 2.45. The number of rotatable bonds is 4. The Labute approximate surface area is 134 Å². The molecule has 1 aromatic carbocycles. The van der Waals surface area contributed by atoms with Crippen LogP contribution >= 0.6 is 11.6 Å². The van der Waals surface area contributed by atoms with Gasteiger partial charge in [-0.2, -0.15) is 0 Å². The van der Waals surface area contributed by atoms with Crippen molar-refractivity contribution >= 4 is 11.6 Å². The smallest absolute Gasteiger partial charge is 0.0808 e. The summed E-state index contributed by atoms with van der Waals surface area (Å²) in [5.41, 5.74) is 7.39. The van der Waals surface area contributed by atoms with E-state index in [1.807, 2.05) is 18.2 Å². The Balaban J connectivity index is 1.94. The third-order valence-corrected chi connectivity index (χ3v) is 5.16. The number of nitrogens with two attached hydrogens (primary N) is 1. The van der Waals surface area contributed by atoms with E-state index in [1.54, 1.807) is 0 Å². The molecule has 0 amide bonds. The van der Waals surface area contributed by atoms with Crippen molar-refractivity contribution < 1.29 is 4.74 Å². The van der Waals surface area contributed by atoms with E-state index in [4.69, 9.17) is 22.1 Å². The van der Waals surface area contributed by atoms with Crippen LogP contribution in [0.2, 0.25) is 5.02 Å². The van der Waals surface area contributed by atoms with Crippen molar-refractivity contribution in [3.05, 3.63) is 34.9 Å². The Hall–Kier alpha value is -0.570. The first-order chi connectivity index (χ1) is 9.85. The minimum absolute atomic E-state index is 0.149. The van der Waals surface area contributed by atoms with Crippen molar-refractivity contribution in [2.75, 3.05) is 6.54 Å². The largest absolute Gasteiger partial charge is 0.369 e. The van der Waals surface area contributed by atoms with Crippen LogP contribution in [0.15, 0.2) is 24.3 Å². The van der Waals surface area contributed by atoms with E-state index in [1.165, 1.54) is 12.8 Å². The fourth-order valence-electron chi connectivity index (χ4n) is 3.28. The van der Waals surface area contributed by atoms with Gasteiger partial charge in [0.05, 0.1) is 12.2 Å². The second-order valence-electron chi connectivity index (χ2n) is 7.45. The molecule has 1 saturated carbocycles. The number of ether oxygens (including phenoxy) is 1. The molecule has 1 aliphatic carbocycles. The average molecular weight is 310 g/mol. The minimum atomic E-state index is -0.149. The van der Waals surface area contributed by atoms with Gasteiger partial charge >= 0.3 is 0 Å². The van der Waals surface area contributed by atoms with Crippen LogP contribution in [0.3, 0.4) is 0 Å². The van der Waals surface area contributed by atoms with Gasteiger partial charge in [-0.25, -0.2) is 0 Å². The third kappa shape index (κ3) is 4.45. The molecule has 0 saturated heterocycles. The van der Waals surface area contributed by atoms with E-state index in [0.29, 0.717) is 18.6 Å². The Morgan fingerprint density at radius 1 is 1.29 bits per heavy atom. The maximum atomic E-state index is 6.24. The minimum Gasteiger partial charge on any atom is -0.369 e. The van der Waals surface area contributed by atoms with Crippen LogP contribution < -0.4 is 5.73 Å². The summed E-state index contributed by atoms with van der Waals surface area (Å²) in [5, 5.41) is 0.759. The first-order valence-electron chi connectivity index (χ1n) is 7.93. The fraction of sp³-hybridized carbons (Fsp3) is 0.667. The summed E-state index contributed by atoms with van der Waals surface area (Å²) in [6, 6.07) is 7.87. The predicted octanol–water partition coefficient (Wildman–Crippen LogP) is 4.79. The van der Waals surface area contributed by atoms with Gasteiger partial charge in [0.2, 0.25) is 0 Å². The molecule has 1 aromatic rings. The van der Waals surface area contributed by atoms with Gasteiger partial charge in [0.25, 0.3) is 0 Å². The molecular weight excluding hydrogens is 282 g/mol. The standard InChI is InChI=1S/C18H28ClNO/c1-17(2,3)15-7-9-18(13-20,10-8-15)21-12-14-5-4-6-16(19)11-14/h4-6,11,15H,7-10,12-13,20H2,1-3H3. The maximum absolute atomic E-state index is 6.24. The summed E-state index contributed by atoms with van der Waals surface area (Å²) in [6.45, 7) is 8.20. The van der Waals surface area contributed by atoms with Gasteiger partial charge in [-0.1, -0.05) is 44.5 Å². The van der Waals surface area contributed by atoms with Gasteiger partial charge in [-0.15, -0.1) is 0 Å². The lowest BCUT2D eigenvalue weighted by Gasteiger charge is -2.43. The molecule has 21 heavy (non-hydrogen) atoms. The molecule has 1 aliphatic rings. The van der Waals surface area contributed by atoms with Crippen LogP contribution in [0.1, 0.15) is 52.0 Å². The summed E-state index contributed by atoms with van der Waals surface area (Å²) in [7, 11) is 0. The van der Waals surface area contributed by atoms with Gasteiger partial charge in [0.15, 0.2) is 0 Å². The highest BCUT2D eigenvalue weighted by Crippen LogP contribution is 2.42. The van der Waals surface area contributed by atoms with Crippen LogP contribution in [-0.2, 0) is 11.3 Å². The topological polar surface area (TPSA) is 35.2 Å². The summed E-state index contributed by atoms with van der Waals surface area (Å²) in [5.74, 6) is 0.770. The highest BCUT2D eigenvalue weighted by molar-refractivity contribution is 6.30. The summed E-state index contributed by atoms with van der Waals surface area (Å²) < 4.78 is 6.24. The van der Waals surface area contributed by atoms with Gasteiger partial charge in [0.1, 0.15) is 0 Å². The highest BCUT2D eigenvalue weighted by Gasteiger charge is 2.38. The molecule has 2 rings (SSSR count). The number of benzene rings is 1. The Bertz CT molecular complexity index is 459. The molecule has 0 spiro atoms. The lowest BCUT2D eigenvalue weighted by molar-refractivity contribution is -0.0888. The van der Waals surface area contributed by atoms with Gasteiger partial charge in [-0.3, -0.25) is 0 Å². The Kier molecular flexibility index (Phi) is 5.34. The van der Waals surface area contributed by atoms with E-state index in [0.717, 1.165) is 29.3 Å². The van der Waals surface area contributed by atoms with Crippen LogP contribution in [0, 0.1) is 11.3 Å². The molecule has 2 N–H and O–H groups in total. The molecular formula is C18H28ClNO. The molecule has 0 heterocycles. The summed E-state index contributed by atoms with van der Waals surface area (Å²) in [6.07, 6.45) is 4.53. The second-order valence-corrected chi connectivity index (χ2v) is 7.88. The van der Waals surface area contributed by atoms with Crippen molar-refractivity contribution in [3.63, 3.8) is 0 Å².